The summed E-state index contributed by atoms with van der Waals surface area (Å²) in [4.78, 5) is 14.8. The van der Waals surface area contributed by atoms with Gasteiger partial charge in [-0.25, -0.2) is 0 Å². The van der Waals surface area contributed by atoms with Gasteiger partial charge in [0, 0.05) is 18.0 Å². The molecule has 0 saturated heterocycles. The maximum absolute atomic E-state index is 12.2. The minimum Gasteiger partial charge on any atom is -0.493 e. The number of thiophene rings is 1. The van der Waals surface area contributed by atoms with Gasteiger partial charge in [0.05, 0.1) is 25.1 Å². The van der Waals surface area contributed by atoms with Crippen LogP contribution in [0.4, 0.5) is 0 Å². The lowest BCUT2D eigenvalue weighted by atomic mass is 10.2. The summed E-state index contributed by atoms with van der Waals surface area (Å²) in [6.45, 7) is 0.534. The van der Waals surface area contributed by atoms with E-state index in [1.807, 2.05) is 24.3 Å². The smallest absolute Gasteiger partial charge is 0.246 e. The number of carbonyl (C=O) groups excluding carboxylic acids is 1. The first-order valence-electron chi connectivity index (χ1n) is 6.93. The summed E-state index contributed by atoms with van der Waals surface area (Å²) in [5.41, 5.74) is 0.864. The Bertz CT molecular complexity index is 712. The number of halogens is 1. The molecule has 0 unspecified atom stereocenters. The van der Waals surface area contributed by atoms with Crippen LogP contribution in [-0.4, -0.2) is 32.1 Å². The standard InChI is InChI=1S/C17H18ClNO3S/c1-19(11-13-6-8-16(18)23-13)17(20)9-5-12-4-7-14(21-2)15(10-12)22-3/h4-10H,11H2,1-3H3/b9-5+. The molecule has 1 heterocycles. The van der Waals surface area contributed by atoms with Gasteiger partial charge in [-0.2, -0.15) is 0 Å². The van der Waals surface area contributed by atoms with E-state index in [2.05, 4.69) is 0 Å². The summed E-state index contributed by atoms with van der Waals surface area (Å²) in [5.74, 6) is 1.20. The topological polar surface area (TPSA) is 38.8 Å². The van der Waals surface area contributed by atoms with Crippen LogP contribution in [0.1, 0.15) is 10.4 Å². The number of amides is 1. The highest BCUT2D eigenvalue weighted by Gasteiger charge is 2.08. The molecule has 0 atom stereocenters. The number of nitrogens with zero attached hydrogens (tertiary/aromatic N) is 1. The van der Waals surface area contributed by atoms with Crippen LogP contribution < -0.4 is 9.47 Å². The molecule has 0 bridgehead atoms. The fourth-order valence-corrected chi connectivity index (χ4v) is 3.14. The van der Waals surface area contributed by atoms with E-state index in [0.29, 0.717) is 18.0 Å². The van der Waals surface area contributed by atoms with Crippen LogP contribution in [0.15, 0.2) is 36.4 Å². The first-order chi connectivity index (χ1) is 11.0. The Morgan fingerprint density at radius 2 is 1.96 bits per heavy atom. The molecule has 122 valence electrons. The molecule has 0 saturated carbocycles. The predicted molar refractivity (Wildman–Crippen MR) is 94.4 cm³/mol. The zero-order valence-corrected chi connectivity index (χ0v) is 14.8. The van der Waals surface area contributed by atoms with E-state index in [-0.39, 0.29) is 5.91 Å². The molecule has 0 radical (unpaired) electrons. The van der Waals surface area contributed by atoms with Crippen molar-refractivity contribution in [3.8, 4) is 11.5 Å². The van der Waals surface area contributed by atoms with E-state index in [0.717, 1.165) is 14.8 Å². The number of methoxy groups -OCH3 is 2. The molecular weight excluding hydrogens is 334 g/mol. The van der Waals surface area contributed by atoms with Crippen molar-refractivity contribution >= 4 is 34.9 Å². The highest BCUT2D eigenvalue weighted by molar-refractivity contribution is 7.16. The van der Waals surface area contributed by atoms with E-state index in [1.165, 1.54) is 17.4 Å². The Labute approximate surface area is 144 Å². The Balaban J connectivity index is 2.02. The fraction of sp³-hybridized carbons (Fsp3) is 0.235. The van der Waals surface area contributed by atoms with E-state index < -0.39 is 0 Å². The highest BCUT2D eigenvalue weighted by atomic mass is 35.5. The predicted octanol–water partition coefficient (Wildman–Crippen LogP) is 4.09. The van der Waals surface area contributed by atoms with Gasteiger partial charge in [-0.1, -0.05) is 17.7 Å². The van der Waals surface area contributed by atoms with Crippen molar-refractivity contribution in [2.75, 3.05) is 21.3 Å². The molecule has 0 fully saturated rings. The van der Waals surface area contributed by atoms with E-state index in [4.69, 9.17) is 21.1 Å². The van der Waals surface area contributed by atoms with Gasteiger partial charge >= 0.3 is 0 Å². The zero-order chi connectivity index (χ0) is 16.8. The molecule has 0 aliphatic carbocycles. The van der Waals surface area contributed by atoms with Gasteiger partial charge in [-0.05, 0) is 35.9 Å². The molecule has 4 nitrogen and oxygen atoms in total. The second kappa shape index (κ2) is 8.04. The van der Waals surface area contributed by atoms with Gasteiger partial charge in [0.1, 0.15) is 0 Å². The second-order valence-corrected chi connectivity index (χ2v) is 6.65. The van der Waals surface area contributed by atoms with Crippen molar-refractivity contribution in [2.45, 2.75) is 6.54 Å². The summed E-state index contributed by atoms with van der Waals surface area (Å²) in [5, 5.41) is 0. The fourth-order valence-electron chi connectivity index (χ4n) is 2.00. The average Bonchev–Trinajstić information content (AvgIpc) is 2.96. The Morgan fingerprint density at radius 3 is 2.57 bits per heavy atom. The SMILES string of the molecule is COc1ccc(/C=C/C(=O)N(C)Cc2ccc(Cl)s2)cc1OC. The van der Waals surface area contributed by atoms with E-state index in [1.54, 1.807) is 38.3 Å². The Morgan fingerprint density at radius 1 is 1.22 bits per heavy atom. The average molecular weight is 352 g/mol. The molecule has 1 aromatic heterocycles. The molecular formula is C17H18ClNO3S. The van der Waals surface area contributed by atoms with Crippen LogP contribution in [0.5, 0.6) is 11.5 Å². The van der Waals surface area contributed by atoms with Crippen molar-refractivity contribution in [1.29, 1.82) is 0 Å². The maximum atomic E-state index is 12.2. The van der Waals surface area contributed by atoms with Crippen LogP contribution in [-0.2, 0) is 11.3 Å². The van der Waals surface area contributed by atoms with Gasteiger partial charge < -0.3 is 14.4 Å². The molecule has 0 spiro atoms. The van der Waals surface area contributed by atoms with Crippen LogP contribution in [0.3, 0.4) is 0 Å². The van der Waals surface area contributed by atoms with Gasteiger partial charge in [-0.3, -0.25) is 4.79 Å². The highest BCUT2D eigenvalue weighted by Crippen LogP contribution is 2.28. The number of carbonyl (C=O) groups is 1. The molecule has 1 amide bonds. The monoisotopic (exact) mass is 351 g/mol. The van der Waals surface area contributed by atoms with Crippen molar-refractivity contribution in [1.82, 2.24) is 4.90 Å². The van der Waals surface area contributed by atoms with E-state index >= 15 is 0 Å². The van der Waals surface area contributed by atoms with Crippen molar-refractivity contribution < 1.29 is 14.3 Å². The van der Waals surface area contributed by atoms with Crippen LogP contribution in [0, 0.1) is 0 Å². The minimum absolute atomic E-state index is 0.0793. The molecule has 0 aliphatic heterocycles. The van der Waals surface area contributed by atoms with Crippen LogP contribution in [0.25, 0.3) is 6.08 Å². The largest absolute Gasteiger partial charge is 0.493 e. The van der Waals surface area contributed by atoms with Gasteiger partial charge in [0.15, 0.2) is 11.5 Å². The Hall–Kier alpha value is -1.98. The third kappa shape index (κ3) is 4.74. The summed E-state index contributed by atoms with van der Waals surface area (Å²) < 4.78 is 11.2. The van der Waals surface area contributed by atoms with Gasteiger partial charge in [-0.15, -0.1) is 11.3 Å². The maximum Gasteiger partial charge on any atom is 0.246 e. The quantitative estimate of drug-likeness (QED) is 0.736. The molecule has 0 aliphatic rings. The molecule has 2 rings (SSSR count). The zero-order valence-electron chi connectivity index (χ0n) is 13.2. The number of rotatable bonds is 6. The number of likely N-dealkylation sites (N-methyl/N-ethyl adjacent to an activating group) is 1. The van der Waals surface area contributed by atoms with E-state index in [9.17, 15) is 4.79 Å². The summed E-state index contributed by atoms with van der Waals surface area (Å²) >= 11 is 7.37. The van der Waals surface area contributed by atoms with Crippen molar-refractivity contribution in [3.05, 3.63) is 51.2 Å². The van der Waals surface area contributed by atoms with Crippen molar-refractivity contribution in [3.63, 3.8) is 0 Å². The lowest BCUT2D eigenvalue weighted by Crippen LogP contribution is -2.23. The summed E-state index contributed by atoms with van der Waals surface area (Å²) in [6, 6.07) is 9.25. The summed E-state index contributed by atoms with van der Waals surface area (Å²) in [7, 11) is 4.92. The minimum atomic E-state index is -0.0793. The molecule has 0 N–H and O–H groups in total. The second-order valence-electron chi connectivity index (χ2n) is 4.85. The molecule has 6 heteroatoms. The normalized spacial score (nSPS) is 10.8. The number of hydrogen-bond acceptors (Lipinski definition) is 4. The first kappa shape index (κ1) is 17.4. The van der Waals surface area contributed by atoms with Crippen molar-refractivity contribution in [2.24, 2.45) is 0 Å². The number of ether oxygens (including phenoxy) is 2. The van der Waals surface area contributed by atoms with Gasteiger partial charge in [0.25, 0.3) is 0 Å². The van der Waals surface area contributed by atoms with Crippen LogP contribution >= 0.6 is 22.9 Å². The molecule has 23 heavy (non-hydrogen) atoms. The number of hydrogen-bond donors (Lipinski definition) is 0. The third-order valence-corrected chi connectivity index (χ3v) is 4.44. The number of benzene rings is 1. The first-order valence-corrected chi connectivity index (χ1v) is 8.12. The van der Waals surface area contributed by atoms with Crippen LogP contribution in [0.2, 0.25) is 4.34 Å². The Kier molecular flexibility index (Phi) is 6.07. The lowest BCUT2D eigenvalue weighted by Gasteiger charge is -2.13. The third-order valence-electron chi connectivity index (χ3n) is 3.22. The molecule has 1 aromatic carbocycles. The molecule has 2 aromatic rings. The summed E-state index contributed by atoms with van der Waals surface area (Å²) in [6.07, 6.45) is 3.29. The lowest BCUT2D eigenvalue weighted by molar-refractivity contribution is -0.125. The van der Waals surface area contributed by atoms with Gasteiger partial charge in [0.2, 0.25) is 5.91 Å².